The van der Waals surface area contributed by atoms with Gasteiger partial charge in [-0.25, -0.2) is 0 Å². The van der Waals surface area contributed by atoms with Crippen molar-refractivity contribution in [3.8, 4) is 0 Å². The molecule has 0 aromatic carbocycles. The van der Waals surface area contributed by atoms with Crippen molar-refractivity contribution in [1.29, 1.82) is 0 Å². The molecule has 0 heterocycles. The lowest BCUT2D eigenvalue weighted by molar-refractivity contribution is -0.167. The number of carbonyl (C=O) groups excluding carboxylic acids is 3. The molecule has 0 N–H and O–H groups in total. The van der Waals surface area contributed by atoms with Crippen molar-refractivity contribution >= 4 is 17.9 Å². The lowest BCUT2D eigenvalue weighted by atomic mass is 10.0. The lowest BCUT2D eigenvalue weighted by Gasteiger charge is -2.18. The predicted molar refractivity (Wildman–Crippen MR) is 353 cm³/mol. The Morgan fingerprint density at radius 3 is 0.728 bits per heavy atom. The van der Waals surface area contributed by atoms with E-state index in [0.29, 0.717) is 19.3 Å². The summed E-state index contributed by atoms with van der Waals surface area (Å²) < 4.78 is 16.9. The monoisotopic (exact) mass is 1140 g/mol. The Hall–Kier alpha value is -2.63. The van der Waals surface area contributed by atoms with E-state index >= 15 is 0 Å². The van der Waals surface area contributed by atoms with Gasteiger partial charge in [0, 0.05) is 19.3 Å². The largest absolute Gasteiger partial charge is 0.462 e. The van der Waals surface area contributed by atoms with Gasteiger partial charge < -0.3 is 14.2 Å². The van der Waals surface area contributed by atoms with Gasteiger partial charge in [-0.15, -0.1) is 0 Å². The fraction of sp³-hybridized carbons (Fsp3) is 0.853. The van der Waals surface area contributed by atoms with Crippen LogP contribution in [0.4, 0.5) is 0 Å². The molecule has 1 atom stereocenters. The molecule has 6 heteroatoms. The second-order valence-electron chi connectivity index (χ2n) is 24.5. The van der Waals surface area contributed by atoms with Crippen LogP contribution in [0, 0.1) is 0 Å². The van der Waals surface area contributed by atoms with Crippen LogP contribution in [0.3, 0.4) is 0 Å². The first-order valence-corrected chi connectivity index (χ1v) is 36.1. The van der Waals surface area contributed by atoms with Crippen molar-refractivity contribution < 1.29 is 28.6 Å². The zero-order valence-corrected chi connectivity index (χ0v) is 54.6. The quantitative estimate of drug-likeness (QED) is 0.0261. The van der Waals surface area contributed by atoms with Gasteiger partial charge in [-0.3, -0.25) is 14.4 Å². The van der Waals surface area contributed by atoms with Crippen LogP contribution in [0.5, 0.6) is 0 Å². The average molecular weight is 1140 g/mol. The highest BCUT2D eigenvalue weighted by atomic mass is 16.6. The third-order valence-electron chi connectivity index (χ3n) is 16.3. The van der Waals surface area contributed by atoms with Crippen LogP contribution in [-0.4, -0.2) is 37.2 Å². The molecule has 0 spiro atoms. The van der Waals surface area contributed by atoms with E-state index in [1.807, 2.05) is 0 Å². The van der Waals surface area contributed by atoms with Crippen LogP contribution >= 0.6 is 0 Å². The Bertz CT molecular complexity index is 1400. The first-order valence-electron chi connectivity index (χ1n) is 36.1. The summed E-state index contributed by atoms with van der Waals surface area (Å²) in [7, 11) is 0. The fourth-order valence-corrected chi connectivity index (χ4v) is 10.8. The normalized spacial score (nSPS) is 12.3. The predicted octanol–water partition coefficient (Wildman–Crippen LogP) is 24.9. The maximum atomic E-state index is 12.9. The molecule has 6 nitrogen and oxygen atoms in total. The number of carbonyl (C=O) groups is 3. The van der Waals surface area contributed by atoms with Crippen LogP contribution in [0.25, 0.3) is 0 Å². The van der Waals surface area contributed by atoms with E-state index in [1.165, 1.54) is 263 Å². The Labute approximate surface area is 505 Å². The van der Waals surface area contributed by atoms with Crippen molar-refractivity contribution in [2.24, 2.45) is 0 Å². The second-order valence-corrected chi connectivity index (χ2v) is 24.5. The molecule has 0 bridgehead atoms. The standard InChI is InChI=1S/C75H138O6/c1-4-7-10-13-16-19-22-25-28-29-30-31-32-33-34-35-36-37-38-39-40-41-42-43-44-45-46-47-48-51-53-56-59-62-65-68-74(77)80-71-72(81-75(78)69-66-63-60-57-54-50-27-24-21-18-15-12-9-6-3)70-79-73(76)67-64-61-58-55-52-49-26-23-20-17-14-11-8-5-2/h15,18,23-24,26-27,29-30,72H,4-14,16-17,19-22,25,28,31-71H2,1-3H3/b18-15-,26-23-,27-24-,30-29-. The molecule has 0 radical (unpaired) electrons. The molecule has 1 unspecified atom stereocenters. The minimum atomic E-state index is -0.783. The van der Waals surface area contributed by atoms with Gasteiger partial charge in [-0.1, -0.05) is 326 Å². The van der Waals surface area contributed by atoms with Crippen LogP contribution in [-0.2, 0) is 28.6 Å². The van der Waals surface area contributed by atoms with Gasteiger partial charge >= 0.3 is 17.9 Å². The van der Waals surface area contributed by atoms with Gasteiger partial charge in [0.15, 0.2) is 6.10 Å². The smallest absolute Gasteiger partial charge is 0.306 e. The highest BCUT2D eigenvalue weighted by Gasteiger charge is 2.19. The SMILES string of the molecule is CCCC/C=C\C/C=C\CCCCCCCC(=O)OC(COC(=O)CCCCCCC/C=C\CCCCCCC)COC(=O)CCCCCCCCCCCCCCCCCCCCCCCCC/C=C\CCCCCCCCCC. The zero-order valence-electron chi connectivity index (χ0n) is 54.6. The van der Waals surface area contributed by atoms with E-state index in [2.05, 4.69) is 69.4 Å². The molecule has 0 aliphatic carbocycles. The summed E-state index contributed by atoms with van der Waals surface area (Å²) in [6, 6.07) is 0. The third kappa shape index (κ3) is 68.0. The van der Waals surface area contributed by atoms with Gasteiger partial charge in [0.2, 0.25) is 0 Å². The molecule has 81 heavy (non-hydrogen) atoms. The second kappa shape index (κ2) is 69.9. The molecule has 0 amide bonds. The van der Waals surface area contributed by atoms with Crippen LogP contribution in [0.15, 0.2) is 48.6 Å². The van der Waals surface area contributed by atoms with Crippen molar-refractivity contribution in [1.82, 2.24) is 0 Å². The first kappa shape index (κ1) is 78.4. The van der Waals surface area contributed by atoms with E-state index in [4.69, 9.17) is 14.2 Å². The summed E-state index contributed by atoms with van der Waals surface area (Å²) in [5.74, 6) is -0.879. The van der Waals surface area contributed by atoms with E-state index in [1.54, 1.807) is 0 Å². The Kier molecular flexibility index (Phi) is 67.6. The van der Waals surface area contributed by atoms with Crippen molar-refractivity contribution in [3.05, 3.63) is 48.6 Å². The molecule has 0 aromatic rings. The fourth-order valence-electron chi connectivity index (χ4n) is 10.8. The summed E-state index contributed by atoms with van der Waals surface area (Å²) >= 11 is 0. The first-order chi connectivity index (χ1) is 40.0. The van der Waals surface area contributed by atoms with Crippen LogP contribution in [0.2, 0.25) is 0 Å². The van der Waals surface area contributed by atoms with Gasteiger partial charge in [0.05, 0.1) is 0 Å². The highest BCUT2D eigenvalue weighted by molar-refractivity contribution is 5.71. The number of allylic oxidation sites excluding steroid dienone is 8. The topological polar surface area (TPSA) is 78.9 Å². The maximum absolute atomic E-state index is 12.9. The lowest BCUT2D eigenvalue weighted by Crippen LogP contribution is -2.30. The number of rotatable bonds is 67. The molecule has 0 aromatic heterocycles. The number of hydrogen-bond donors (Lipinski definition) is 0. The van der Waals surface area contributed by atoms with E-state index in [0.717, 1.165) is 89.9 Å². The molecular formula is C75H138O6. The zero-order chi connectivity index (χ0) is 58.5. The number of unbranched alkanes of at least 4 members (excludes halogenated alkanes) is 48. The van der Waals surface area contributed by atoms with Crippen molar-refractivity contribution in [2.45, 2.75) is 399 Å². The highest BCUT2D eigenvalue weighted by Crippen LogP contribution is 2.18. The van der Waals surface area contributed by atoms with Crippen LogP contribution < -0.4 is 0 Å². The van der Waals surface area contributed by atoms with E-state index in [-0.39, 0.29) is 31.1 Å². The van der Waals surface area contributed by atoms with E-state index < -0.39 is 6.10 Å². The number of ether oxygens (including phenoxy) is 3. The minimum Gasteiger partial charge on any atom is -0.462 e. The van der Waals surface area contributed by atoms with Crippen LogP contribution in [0.1, 0.15) is 393 Å². The van der Waals surface area contributed by atoms with Gasteiger partial charge in [-0.2, -0.15) is 0 Å². The van der Waals surface area contributed by atoms with Gasteiger partial charge in [-0.05, 0) is 96.3 Å². The summed E-state index contributed by atoms with van der Waals surface area (Å²) in [5, 5.41) is 0. The molecule has 0 aliphatic rings. The van der Waals surface area contributed by atoms with Crippen molar-refractivity contribution in [2.75, 3.05) is 13.2 Å². The Morgan fingerprint density at radius 1 is 0.247 bits per heavy atom. The van der Waals surface area contributed by atoms with Gasteiger partial charge in [0.25, 0.3) is 0 Å². The summed E-state index contributed by atoms with van der Waals surface area (Å²) in [6.07, 6.45) is 88.8. The molecule has 474 valence electrons. The summed E-state index contributed by atoms with van der Waals surface area (Å²) in [5.41, 5.74) is 0. The third-order valence-corrected chi connectivity index (χ3v) is 16.3. The average Bonchev–Trinajstić information content (AvgIpc) is 3.47. The molecule has 0 fully saturated rings. The van der Waals surface area contributed by atoms with E-state index in [9.17, 15) is 14.4 Å². The summed E-state index contributed by atoms with van der Waals surface area (Å²) in [4.78, 5) is 38.3. The molecular weight excluding hydrogens is 997 g/mol. The molecule has 0 saturated carbocycles. The summed E-state index contributed by atoms with van der Waals surface area (Å²) in [6.45, 7) is 6.63. The number of hydrogen-bond acceptors (Lipinski definition) is 6. The Morgan fingerprint density at radius 2 is 0.457 bits per heavy atom. The minimum absolute atomic E-state index is 0.0776. The number of esters is 3. The molecule has 0 aliphatic heterocycles. The van der Waals surface area contributed by atoms with Gasteiger partial charge in [0.1, 0.15) is 13.2 Å². The molecule has 0 saturated heterocycles. The Balaban J connectivity index is 4.06. The molecule has 0 rings (SSSR count). The van der Waals surface area contributed by atoms with Crippen molar-refractivity contribution in [3.63, 3.8) is 0 Å². The maximum Gasteiger partial charge on any atom is 0.306 e.